The minimum absolute atomic E-state index is 0.0371. The molecule has 0 aliphatic carbocycles. The number of carbonyl (C=O) groups is 3. The Hall–Kier alpha value is -1.79. The Bertz CT molecular complexity index is 629. The zero-order valence-electron chi connectivity index (χ0n) is 28.0. The maximum Gasteiger partial charge on any atom is 0.330 e. The van der Waals surface area contributed by atoms with Gasteiger partial charge in [-0.2, -0.15) is 0 Å². The highest BCUT2D eigenvalue weighted by atomic mass is 16.5. The van der Waals surface area contributed by atoms with Gasteiger partial charge >= 0.3 is 12.0 Å². The molecule has 0 saturated carbocycles. The summed E-state index contributed by atoms with van der Waals surface area (Å²) in [5, 5.41) is 8.24. The van der Waals surface area contributed by atoms with E-state index in [1.54, 1.807) is 0 Å². The van der Waals surface area contributed by atoms with Gasteiger partial charge in [0.25, 0.3) is 0 Å². The van der Waals surface area contributed by atoms with Crippen molar-refractivity contribution in [3.05, 3.63) is 0 Å². The first-order valence-corrected chi connectivity index (χ1v) is 17.9. The van der Waals surface area contributed by atoms with Gasteiger partial charge in [0.15, 0.2) is 0 Å². The molecule has 3 amide bonds. The van der Waals surface area contributed by atoms with Crippen molar-refractivity contribution in [1.82, 2.24) is 16.0 Å². The summed E-state index contributed by atoms with van der Waals surface area (Å²) in [6, 6.07) is -1.30. The third-order valence-corrected chi connectivity index (χ3v) is 8.12. The van der Waals surface area contributed by atoms with Crippen molar-refractivity contribution in [2.75, 3.05) is 20.2 Å². The van der Waals surface area contributed by atoms with Crippen LogP contribution in [0.2, 0.25) is 0 Å². The van der Waals surface area contributed by atoms with Crippen LogP contribution >= 0.6 is 0 Å². The standard InChI is InChI=1S/C35H69N3O4/c1-4-6-8-10-12-14-15-16-17-18-19-20-22-24-26-28-30-36-35(41)38-32(34(40)42-3)31-37-33(39)29-27-25-23-21-13-11-9-7-5-2/h32H,4-31H2,1-3H3,(H,37,39)(H2,36,38,41). The highest BCUT2D eigenvalue weighted by Crippen LogP contribution is 2.14. The van der Waals surface area contributed by atoms with E-state index < -0.39 is 18.0 Å². The fraction of sp³-hybridized carbons (Fsp3) is 0.914. The van der Waals surface area contributed by atoms with Gasteiger partial charge in [0.1, 0.15) is 6.04 Å². The molecule has 42 heavy (non-hydrogen) atoms. The van der Waals surface area contributed by atoms with Crippen molar-refractivity contribution in [1.29, 1.82) is 0 Å². The maximum absolute atomic E-state index is 12.3. The van der Waals surface area contributed by atoms with Crippen LogP contribution in [0.1, 0.15) is 181 Å². The van der Waals surface area contributed by atoms with Crippen molar-refractivity contribution in [3.63, 3.8) is 0 Å². The van der Waals surface area contributed by atoms with Crippen molar-refractivity contribution in [3.8, 4) is 0 Å². The lowest BCUT2D eigenvalue weighted by Gasteiger charge is -2.17. The van der Waals surface area contributed by atoms with E-state index in [2.05, 4.69) is 29.8 Å². The van der Waals surface area contributed by atoms with Gasteiger partial charge in [0.05, 0.1) is 7.11 Å². The molecule has 0 aromatic rings. The van der Waals surface area contributed by atoms with Gasteiger partial charge in [-0.3, -0.25) is 4.79 Å². The molecule has 0 aromatic carbocycles. The number of amides is 3. The minimum atomic E-state index is -0.895. The van der Waals surface area contributed by atoms with Gasteiger partial charge in [-0.15, -0.1) is 0 Å². The molecule has 0 bridgehead atoms. The van der Waals surface area contributed by atoms with E-state index in [0.29, 0.717) is 13.0 Å². The summed E-state index contributed by atoms with van der Waals surface area (Å²) in [4.78, 5) is 36.6. The molecule has 0 heterocycles. The van der Waals surface area contributed by atoms with Gasteiger partial charge < -0.3 is 20.7 Å². The minimum Gasteiger partial charge on any atom is -0.467 e. The molecule has 1 unspecified atom stereocenters. The monoisotopic (exact) mass is 596 g/mol. The Kier molecular flexibility index (Phi) is 30.8. The summed E-state index contributed by atoms with van der Waals surface area (Å²) in [7, 11) is 1.29. The van der Waals surface area contributed by atoms with Crippen LogP contribution in [0, 0.1) is 0 Å². The third-order valence-electron chi connectivity index (χ3n) is 8.12. The number of hydrogen-bond acceptors (Lipinski definition) is 4. The molecule has 1 atom stereocenters. The number of nitrogens with one attached hydrogen (secondary N) is 3. The number of unbranched alkanes of at least 4 members (excludes halogenated alkanes) is 23. The number of hydrogen-bond donors (Lipinski definition) is 3. The first-order chi connectivity index (χ1) is 20.5. The smallest absolute Gasteiger partial charge is 0.330 e. The lowest BCUT2D eigenvalue weighted by Crippen LogP contribution is -2.52. The second kappa shape index (κ2) is 32.1. The Labute approximate surface area is 259 Å². The van der Waals surface area contributed by atoms with Gasteiger partial charge in [0, 0.05) is 19.5 Å². The molecule has 0 aliphatic heterocycles. The fourth-order valence-electron chi connectivity index (χ4n) is 5.32. The number of urea groups is 1. The molecule has 0 aromatic heterocycles. The van der Waals surface area contributed by atoms with Crippen molar-refractivity contribution in [2.24, 2.45) is 0 Å². The van der Waals surface area contributed by atoms with Crippen molar-refractivity contribution >= 4 is 17.9 Å². The number of ether oxygens (including phenoxy) is 1. The molecule has 3 N–H and O–H groups in total. The largest absolute Gasteiger partial charge is 0.467 e. The van der Waals surface area contributed by atoms with Crippen molar-refractivity contribution in [2.45, 2.75) is 187 Å². The number of methoxy groups -OCH3 is 1. The summed E-state index contributed by atoms with van der Waals surface area (Å²) in [6.07, 6.45) is 32.2. The maximum atomic E-state index is 12.3. The number of rotatable bonds is 31. The third kappa shape index (κ3) is 28.3. The van der Waals surface area contributed by atoms with Gasteiger partial charge in [0.2, 0.25) is 5.91 Å². The first-order valence-electron chi connectivity index (χ1n) is 17.9. The van der Waals surface area contributed by atoms with E-state index >= 15 is 0 Å². The molecule has 0 radical (unpaired) electrons. The molecule has 0 rings (SSSR count). The van der Waals surface area contributed by atoms with Gasteiger partial charge in [-0.1, -0.05) is 162 Å². The van der Waals surface area contributed by atoms with Crippen LogP contribution in [0.5, 0.6) is 0 Å². The highest BCUT2D eigenvalue weighted by Gasteiger charge is 2.22. The van der Waals surface area contributed by atoms with E-state index in [9.17, 15) is 14.4 Å². The SMILES string of the molecule is CCCCCCCCCCCCCCCCCCNC(=O)NC(CNC(=O)CCCCCCCCCCC)C(=O)OC. The Morgan fingerprint density at radius 3 is 1.31 bits per heavy atom. The highest BCUT2D eigenvalue weighted by molar-refractivity contribution is 5.84. The fourth-order valence-corrected chi connectivity index (χ4v) is 5.32. The van der Waals surface area contributed by atoms with Crippen LogP contribution in [-0.2, 0) is 14.3 Å². The second-order valence-electron chi connectivity index (χ2n) is 12.2. The quantitative estimate of drug-likeness (QED) is 0.0550. The molecule has 0 saturated heterocycles. The van der Waals surface area contributed by atoms with Gasteiger partial charge in [-0.05, 0) is 12.8 Å². The van der Waals surface area contributed by atoms with Crippen LogP contribution < -0.4 is 16.0 Å². The average Bonchev–Trinajstić information content (AvgIpc) is 2.99. The molecule has 0 spiro atoms. The summed E-state index contributed by atoms with van der Waals surface area (Å²) in [6.45, 7) is 5.11. The molecule has 7 heteroatoms. The Morgan fingerprint density at radius 1 is 0.524 bits per heavy atom. The summed E-state index contributed by atoms with van der Waals surface area (Å²) < 4.78 is 4.81. The molecule has 0 fully saturated rings. The Balaban J connectivity index is 3.73. The van der Waals surface area contributed by atoms with E-state index in [1.807, 2.05) is 0 Å². The molecule has 248 valence electrons. The zero-order chi connectivity index (χ0) is 30.9. The van der Waals surface area contributed by atoms with E-state index in [4.69, 9.17) is 4.74 Å². The summed E-state index contributed by atoms with van der Waals surface area (Å²) >= 11 is 0. The second-order valence-corrected chi connectivity index (χ2v) is 12.2. The van der Waals surface area contributed by atoms with Crippen LogP contribution in [0.15, 0.2) is 0 Å². The first kappa shape index (κ1) is 40.2. The molecule has 7 nitrogen and oxygen atoms in total. The normalized spacial score (nSPS) is 11.7. The van der Waals surface area contributed by atoms with E-state index in [-0.39, 0.29) is 12.5 Å². The summed E-state index contributed by atoms with van der Waals surface area (Å²) in [5.41, 5.74) is 0. The van der Waals surface area contributed by atoms with E-state index in [0.717, 1.165) is 32.1 Å². The number of carbonyl (C=O) groups excluding carboxylic acids is 3. The molecular weight excluding hydrogens is 526 g/mol. The van der Waals surface area contributed by atoms with Crippen LogP contribution in [0.3, 0.4) is 0 Å². The molecular formula is C35H69N3O4. The predicted molar refractivity (Wildman–Crippen MR) is 177 cm³/mol. The lowest BCUT2D eigenvalue weighted by atomic mass is 10.0. The predicted octanol–water partition coefficient (Wildman–Crippen LogP) is 9.13. The van der Waals surface area contributed by atoms with Crippen LogP contribution in [0.25, 0.3) is 0 Å². The van der Waals surface area contributed by atoms with Crippen LogP contribution in [-0.4, -0.2) is 44.1 Å². The zero-order valence-corrected chi connectivity index (χ0v) is 28.0. The summed E-state index contributed by atoms with van der Waals surface area (Å²) in [5.74, 6) is -0.654. The molecule has 0 aliphatic rings. The van der Waals surface area contributed by atoms with E-state index in [1.165, 1.54) is 136 Å². The average molecular weight is 596 g/mol. The van der Waals surface area contributed by atoms with Gasteiger partial charge in [-0.25, -0.2) is 9.59 Å². The lowest BCUT2D eigenvalue weighted by molar-refractivity contribution is -0.142. The Morgan fingerprint density at radius 2 is 0.905 bits per heavy atom. The van der Waals surface area contributed by atoms with Crippen molar-refractivity contribution < 1.29 is 19.1 Å². The topological polar surface area (TPSA) is 96.5 Å². The van der Waals surface area contributed by atoms with Crippen LogP contribution in [0.4, 0.5) is 4.79 Å². The number of esters is 1.